The van der Waals surface area contributed by atoms with Crippen molar-refractivity contribution in [2.45, 2.75) is 0 Å². The fourth-order valence-electron chi connectivity index (χ4n) is 4.07. The summed E-state index contributed by atoms with van der Waals surface area (Å²) < 4.78 is 0. The number of rotatable bonds is 4. The summed E-state index contributed by atoms with van der Waals surface area (Å²) >= 11 is 0. The first-order valence-electron chi connectivity index (χ1n) is 8.71. The average Bonchev–Trinajstić information content (AvgIpc) is 2.72. The third kappa shape index (κ3) is 2.65. The van der Waals surface area contributed by atoms with Crippen molar-refractivity contribution in [2.75, 3.05) is 0 Å². The van der Waals surface area contributed by atoms with E-state index >= 15 is 0 Å². The van der Waals surface area contributed by atoms with Gasteiger partial charge in [0.1, 0.15) is 6.15 Å². The van der Waals surface area contributed by atoms with Crippen molar-refractivity contribution in [3.63, 3.8) is 0 Å². The summed E-state index contributed by atoms with van der Waals surface area (Å²) in [7, 11) is 0. The molecule has 0 amide bonds. The molecule has 1 aliphatic rings. The Morgan fingerprint density at radius 1 is 0.560 bits per heavy atom. The highest BCUT2D eigenvalue weighted by Gasteiger charge is 2.35. The Labute approximate surface area is 149 Å². The molecule has 0 saturated carbocycles. The highest BCUT2D eigenvalue weighted by molar-refractivity contribution is 7.16. The van der Waals surface area contributed by atoms with Gasteiger partial charge in [-0.05, 0) is 0 Å². The zero-order chi connectivity index (χ0) is 17.0. The van der Waals surface area contributed by atoms with Crippen molar-refractivity contribution in [1.82, 2.24) is 0 Å². The summed E-state index contributed by atoms with van der Waals surface area (Å²) in [5.74, 6) is 0. The fourth-order valence-corrected chi connectivity index (χ4v) is 4.07. The molecular formula is C24H19B. The minimum absolute atomic E-state index is 1.24. The van der Waals surface area contributed by atoms with Gasteiger partial charge < -0.3 is 0 Å². The Morgan fingerprint density at radius 2 is 1.00 bits per heavy atom. The first-order valence-corrected chi connectivity index (χ1v) is 8.71. The standard InChI is InChI=1S/C24H19B/c1-5-13-21(14-6-1)25(22-15-7-2-8-16-22,23-17-9-3-10-18-23)24-19-11-4-12-20-24/h1-3,5-20H. The molecular weight excluding hydrogens is 299 g/mol. The van der Waals surface area contributed by atoms with E-state index < -0.39 is 6.15 Å². The van der Waals surface area contributed by atoms with Gasteiger partial charge in [-0.15, -0.1) is 0 Å². The van der Waals surface area contributed by atoms with Crippen LogP contribution in [0.1, 0.15) is 0 Å². The van der Waals surface area contributed by atoms with Gasteiger partial charge >= 0.3 is 0 Å². The summed E-state index contributed by atoms with van der Waals surface area (Å²) in [4.78, 5) is 0. The molecule has 0 spiro atoms. The predicted molar refractivity (Wildman–Crippen MR) is 109 cm³/mol. The molecule has 118 valence electrons. The van der Waals surface area contributed by atoms with Crippen molar-refractivity contribution < 1.29 is 0 Å². The first kappa shape index (κ1) is 15.4. The lowest BCUT2D eigenvalue weighted by atomic mass is 9.12. The molecule has 0 N–H and O–H groups in total. The largest absolute Gasteiger partial charge is 0.192 e. The van der Waals surface area contributed by atoms with Crippen molar-refractivity contribution >= 4 is 22.5 Å². The normalized spacial score (nSPS) is 13.2. The van der Waals surface area contributed by atoms with Crippen LogP contribution in [0, 0.1) is 6.08 Å². The van der Waals surface area contributed by atoms with Crippen LogP contribution in [-0.2, 0) is 0 Å². The zero-order valence-corrected chi connectivity index (χ0v) is 14.0. The molecule has 3 aromatic carbocycles. The molecule has 0 aliphatic heterocycles. The van der Waals surface area contributed by atoms with E-state index in [4.69, 9.17) is 0 Å². The van der Waals surface area contributed by atoms with Gasteiger partial charge in [0.05, 0.1) is 12.2 Å². The van der Waals surface area contributed by atoms with E-state index in [-0.39, 0.29) is 0 Å². The van der Waals surface area contributed by atoms with Crippen LogP contribution in [-0.4, -0.2) is 6.15 Å². The van der Waals surface area contributed by atoms with Gasteiger partial charge in [0.25, 0.3) is 0 Å². The van der Waals surface area contributed by atoms with Crippen LogP contribution < -0.4 is 16.4 Å². The number of allylic oxidation sites excluding steroid dienone is 6. The lowest BCUT2D eigenvalue weighted by Gasteiger charge is -2.42. The van der Waals surface area contributed by atoms with E-state index in [9.17, 15) is 0 Å². The Kier molecular flexibility index (Phi) is 4.17. The zero-order valence-electron chi connectivity index (χ0n) is 14.0. The Bertz CT molecular complexity index is 823. The molecule has 0 fully saturated rings. The summed E-state index contributed by atoms with van der Waals surface area (Å²) in [6.45, 7) is 0. The quantitative estimate of drug-likeness (QED) is 0.510. The van der Waals surface area contributed by atoms with Gasteiger partial charge in [-0.1, -0.05) is 96.5 Å². The van der Waals surface area contributed by atoms with Crippen LogP contribution in [0.5, 0.6) is 0 Å². The van der Waals surface area contributed by atoms with Crippen LogP contribution in [0.25, 0.3) is 0 Å². The maximum Gasteiger partial charge on any atom is 0.137 e. The van der Waals surface area contributed by atoms with E-state index in [1.54, 1.807) is 0 Å². The molecule has 25 heavy (non-hydrogen) atoms. The molecule has 0 unspecified atom stereocenters. The van der Waals surface area contributed by atoms with Gasteiger partial charge in [0.2, 0.25) is 0 Å². The maximum absolute atomic E-state index is 3.17. The number of hydrogen-bond donors (Lipinski definition) is 0. The smallest absolute Gasteiger partial charge is 0.137 e. The second-order valence-electron chi connectivity index (χ2n) is 6.43. The third-order valence-corrected chi connectivity index (χ3v) is 5.14. The molecule has 1 heteroatoms. The Hall–Kier alpha value is -3.15. The lowest BCUT2D eigenvalue weighted by Crippen LogP contribution is -2.68. The van der Waals surface area contributed by atoms with Crippen molar-refractivity contribution in [2.24, 2.45) is 0 Å². The van der Waals surface area contributed by atoms with Crippen LogP contribution >= 0.6 is 0 Å². The van der Waals surface area contributed by atoms with E-state index in [1.807, 2.05) is 12.2 Å². The molecule has 3 aromatic rings. The number of benzene rings is 3. The summed E-state index contributed by atoms with van der Waals surface area (Å²) in [6.07, 6.45) is 10.4. The van der Waals surface area contributed by atoms with Gasteiger partial charge in [0.15, 0.2) is 0 Å². The summed E-state index contributed by atoms with van der Waals surface area (Å²) in [5.41, 5.74) is 5.28. The van der Waals surface area contributed by atoms with Gasteiger partial charge in [-0.3, -0.25) is 0 Å². The minimum atomic E-state index is -1.24. The van der Waals surface area contributed by atoms with Crippen LogP contribution in [0.15, 0.2) is 121 Å². The highest BCUT2D eigenvalue weighted by Crippen LogP contribution is 2.20. The molecule has 0 atom stereocenters. The lowest BCUT2D eigenvalue weighted by molar-refractivity contribution is 1.62. The van der Waals surface area contributed by atoms with Crippen molar-refractivity contribution in [3.05, 3.63) is 127 Å². The second-order valence-corrected chi connectivity index (χ2v) is 6.43. The van der Waals surface area contributed by atoms with Crippen LogP contribution in [0.3, 0.4) is 0 Å². The predicted octanol–water partition coefficient (Wildman–Crippen LogP) is 3.55. The van der Waals surface area contributed by atoms with E-state index in [0.717, 1.165) is 0 Å². The van der Waals surface area contributed by atoms with E-state index in [2.05, 4.69) is 109 Å². The minimum Gasteiger partial charge on any atom is -0.192 e. The molecule has 0 heterocycles. The average molecular weight is 318 g/mol. The molecule has 0 nitrogen and oxygen atoms in total. The maximum atomic E-state index is 3.17. The molecule has 4 rings (SSSR count). The second kappa shape index (κ2) is 6.77. The van der Waals surface area contributed by atoms with E-state index in [0.29, 0.717) is 0 Å². The topological polar surface area (TPSA) is 0 Å². The summed E-state index contributed by atoms with van der Waals surface area (Å²) in [6, 6.07) is 32.5. The first-order chi connectivity index (χ1) is 12.4. The molecule has 0 aromatic heterocycles. The van der Waals surface area contributed by atoms with Gasteiger partial charge in [-0.25, -0.2) is 0 Å². The SMILES string of the molecule is [C+]1=CC=C([B-](c2ccccc2)(c2ccccc2)c2ccccc2)C=C1. The van der Waals surface area contributed by atoms with Crippen LogP contribution in [0.4, 0.5) is 0 Å². The third-order valence-electron chi connectivity index (χ3n) is 5.14. The van der Waals surface area contributed by atoms with Gasteiger partial charge in [-0.2, -0.15) is 16.4 Å². The Morgan fingerprint density at radius 3 is 1.36 bits per heavy atom. The molecule has 0 saturated heterocycles. The number of hydrogen-bond acceptors (Lipinski definition) is 0. The van der Waals surface area contributed by atoms with Gasteiger partial charge in [0, 0.05) is 18.2 Å². The summed E-state index contributed by atoms with van der Waals surface area (Å²) in [5, 5.41) is 0. The highest BCUT2D eigenvalue weighted by atomic mass is 14.1. The van der Waals surface area contributed by atoms with Crippen molar-refractivity contribution in [3.8, 4) is 0 Å². The Balaban J connectivity index is 2.11. The van der Waals surface area contributed by atoms with Crippen molar-refractivity contribution in [1.29, 1.82) is 0 Å². The fraction of sp³-hybridized carbons (Fsp3) is 0. The molecule has 0 radical (unpaired) electrons. The van der Waals surface area contributed by atoms with Crippen LogP contribution in [0.2, 0.25) is 0 Å². The molecule has 0 bridgehead atoms. The molecule has 1 aliphatic carbocycles. The van der Waals surface area contributed by atoms with E-state index in [1.165, 1.54) is 21.9 Å². The monoisotopic (exact) mass is 318 g/mol.